The van der Waals surface area contributed by atoms with E-state index in [1.54, 1.807) is 7.11 Å². The number of rotatable bonds is 6. The maximum atomic E-state index is 12.3. The lowest BCUT2D eigenvalue weighted by Gasteiger charge is -2.36. The second-order valence-corrected chi connectivity index (χ2v) is 6.40. The Balaban J connectivity index is 0.00000288. The summed E-state index contributed by atoms with van der Waals surface area (Å²) in [5.41, 5.74) is 5.56. The molecule has 0 spiro atoms. The van der Waals surface area contributed by atoms with Gasteiger partial charge >= 0.3 is 0 Å². The van der Waals surface area contributed by atoms with Crippen molar-refractivity contribution < 1.29 is 14.3 Å². The normalized spacial score (nSPS) is 19.6. The number of piperidine rings is 1. The first kappa shape index (κ1) is 24.4. The zero-order valence-electron chi connectivity index (χ0n) is 15.0. The molecule has 25 heavy (non-hydrogen) atoms. The van der Waals surface area contributed by atoms with Crippen molar-refractivity contribution in [1.82, 2.24) is 14.7 Å². The van der Waals surface area contributed by atoms with Gasteiger partial charge in [-0.05, 0) is 19.3 Å². The van der Waals surface area contributed by atoms with Crippen LogP contribution in [0, 0.1) is 0 Å². The van der Waals surface area contributed by atoms with Crippen molar-refractivity contribution in [3.8, 4) is 0 Å². The van der Waals surface area contributed by atoms with E-state index in [-0.39, 0.29) is 42.7 Å². The van der Waals surface area contributed by atoms with Crippen LogP contribution >= 0.6 is 24.8 Å². The fraction of sp³-hybridized carbons (Fsp3) is 0.875. The number of carbonyl (C=O) groups excluding carboxylic acids is 2. The van der Waals surface area contributed by atoms with Crippen LogP contribution in [0.1, 0.15) is 25.7 Å². The predicted molar refractivity (Wildman–Crippen MR) is 102 cm³/mol. The highest BCUT2D eigenvalue weighted by Crippen LogP contribution is 2.11. The van der Waals surface area contributed by atoms with Gasteiger partial charge in [0.1, 0.15) is 0 Å². The number of hydrogen-bond acceptors (Lipinski definition) is 5. The van der Waals surface area contributed by atoms with E-state index in [1.807, 2.05) is 9.80 Å². The van der Waals surface area contributed by atoms with Crippen molar-refractivity contribution >= 4 is 36.6 Å². The molecule has 148 valence electrons. The number of methoxy groups -OCH3 is 1. The summed E-state index contributed by atoms with van der Waals surface area (Å²) in [6.45, 7) is 5.49. The SMILES string of the molecule is COC(CN)CC(=O)N1CCN(CC(=O)N2CCCCC2)CC1.Cl.Cl. The molecule has 2 amide bonds. The zero-order chi connectivity index (χ0) is 16.7. The lowest BCUT2D eigenvalue weighted by molar-refractivity contribution is -0.137. The number of carbonyl (C=O) groups is 2. The molecular weight excluding hydrogens is 367 g/mol. The lowest BCUT2D eigenvalue weighted by Crippen LogP contribution is -2.52. The van der Waals surface area contributed by atoms with Gasteiger partial charge in [-0.1, -0.05) is 0 Å². The van der Waals surface area contributed by atoms with Crippen molar-refractivity contribution in [3.63, 3.8) is 0 Å². The molecule has 2 N–H and O–H groups in total. The first-order chi connectivity index (χ1) is 11.1. The van der Waals surface area contributed by atoms with Gasteiger partial charge in [0.25, 0.3) is 0 Å². The Kier molecular flexibility index (Phi) is 12.4. The third kappa shape index (κ3) is 7.66. The van der Waals surface area contributed by atoms with E-state index in [0.717, 1.165) is 39.0 Å². The van der Waals surface area contributed by atoms with Crippen molar-refractivity contribution in [2.45, 2.75) is 31.8 Å². The summed E-state index contributed by atoms with van der Waals surface area (Å²) in [6, 6.07) is 0. The fourth-order valence-corrected chi connectivity index (χ4v) is 3.18. The smallest absolute Gasteiger partial charge is 0.236 e. The molecule has 2 fully saturated rings. The van der Waals surface area contributed by atoms with E-state index in [1.165, 1.54) is 6.42 Å². The molecule has 9 heteroatoms. The van der Waals surface area contributed by atoms with Crippen LogP contribution < -0.4 is 5.73 Å². The fourth-order valence-electron chi connectivity index (χ4n) is 3.18. The van der Waals surface area contributed by atoms with E-state index in [2.05, 4.69) is 4.90 Å². The van der Waals surface area contributed by atoms with E-state index in [9.17, 15) is 9.59 Å². The minimum atomic E-state index is -0.207. The first-order valence-corrected chi connectivity index (χ1v) is 8.64. The number of likely N-dealkylation sites (tertiary alicyclic amines) is 1. The molecule has 0 aliphatic carbocycles. The van der Waals surface area contributed by atoms with Crippen molar-refractivity contribution in [1.29, 1.82) is 0 Å². The van der Waals surface area contributed by atoms with Crippen LogP contribution in [0.25, 0.3) is 0 Å². The molecule has 0 saturated carbocycles. The van der Waals surface area contributed by atoms with Crippen LogP contribution in [0.4, 0.5) is 0 Å². The summed E-state index contributed by atoms with van der Waals surface area (Å²) in [5.74, 6) is 0.316. The van der Waals surface area contributed by atoms with Crippen LogP contribution in [0.15, 0.2) is 0 Å². The van der Waals surface area contributed by atoms with E-state index in [4.69, 9.17) is 10.5 Å². The van der Waals surface area contributed by atoms with Gasteiger partial charge in [-0.2, -0.15) is 0 Å². The summed E-state index contributed by atoms with van der Waals surface area (Å²) in [7, 11) is 1.58. The molecule has 0 aromatic rings. The number of nitrogens with zero attached hydrogens (tertiary/aromatic N) is 3. The maximum Gasteiger partial charge on any atom is 0.236 e. The maximum absolute atomic E-state index is 12.3. The van der Waals surface area contributed by atoms with Gasteiger partial charge in [-0.25, -0.2) is 0 Å². The number of amides is 2. The molecule has 0 radical (unpaired) electrons. The minimum Gasteiger partial charge on any atom is -0.380 e. The Hall–Kier alpha value is -0.600. The highest BCUT2D eigenvalue weighted by molar-refractivity contribution is 5.85. The zero-order valence-corrected chi connectivity index (χ0v) is 16.7. The molecule has 2 rings (SSSR count). The predicted octanol–water partition coefficient (Wildman–Crippen LogP) is 0.350. The number of nitrogens with two attached hydrogens (primary N) is 1. The standard InChI is InChI=1S/C16H30N4O3.2ClH/c1-23-14(12-17)11-15(21)20-9-7-18(8-10-20)13-16(22)19-5-3-2-4-6-19;;/h14H,2-13,17H2,1H3;2*1H. The Labute approximate surface area is 163 Å². The van der Waals surface area contributed by atoms with Gasteiger partial charge in [-0.15, -0.1) is 24.8 Å². The van der Waals surface area contributed by atoms with Gasteiger partial charge in [0.2, 0.25) is 11.8 Å². The summed E-state index contributed by atoms with van der Waals surface area (Å²) in [5, 5.41) is 0. The van der Waals surface area contributed by atoms with Crippen molar-refractivity contribution in [3.05, 3.63) is 0 Å². The summed E-state index contributed by atoms with van der Waals surface area (Å²) < 4.78 is 5.17. The Morgan fingerprint density at radius 1 is 0.920 bits per heavy atom. The molecule has 0 aromatic heterocycles. The molecule has 0 bridgehead atoms. The summed E-state index contributed by atoms with van der Waals surface area (Å²) in [4.78, 5) is 30.5. The van der Waals surface area contributed by atoms with Crippen LogP contribution in [-0.2, 0) is 14.3 Å². The first-order valence-electron chi connectivity index (χ1n) is 8.64. The third-order valence-electron chi connectivity index (χ3n) is 4.79. The highest BCUT2D eigenvalue weighted by Gasteiger charge is 2.25. The Morgan fingerprint density at radius 3 is 2.00 bits per heavy atom. The Bertz CT molecular complexity index is 397. The summed E-state index contributed by atoms with van der Waals surface area (Å²) in [6.07, 6.45) is 3.60. The van der Waals surface area contributed by atoms with Crippen molar-refractivity contribution in [2.24, 2.45) is 5.73 Å². The molecule has 2 heterocycles. The second-order valence-electron chi connectivity index (χ2n) is 6.40. The van der Waals surface area contributed by atoms with Crippen LogP contribution in [-0.4, -0.2) is 92.1 Å². The van der Waals surface area contributed by atoms with E-state index in [0.29, 0.717) is 32.6 Å². The number of ether oxygens (including phenoxy) is 1. The minimum absolute atomic E-state index is 0. The van der Waals surface area contributed by atoms with Crippen LogP contribution in [0.3, 0.4) is 0 Å². The average Bonchev–Trinajstić information content (AvgIpc) is 2.60. The average molecular weight is 399 g/mol. The number of piperazine rings is 1. The number of hydrogen-bond donors (Lipinski definition) is 1. The van der Waals surface area contributed by atoms with Crippen LogP contribution in [0.5, 0.6) is 0 Å². The van der Waals surface area contributed by atoms with Gasteiger partial charge in [0.05, 0.1) is 19.1 Å². The Morgan fingerprint density at radius 2 is 1.48 bits per heavy atom. The molecule has 2 aliphatic heterocycles. The number of halogens is 2. The van der Waals surface area contributed by atoms with Gasteiger partial charge in [0, 0.05) is 52.9 Å². The lowest BCUT2D eigenvalue weighted by atomic mass is 10.1. The molecule has 1 unspecified atom stereocenters. The van der Waals surface area contributed by atoms with Crippen LogP contribution in [0.2, 0.25) is 0 Å². The molecule has 2 saturated heterocycles. The van der Waals surface area contributed by atoms with Gasteiger partial charge in [0.15, 0.2) is 0 Å². The van der Waals surface area contributed by atoms with E-state index < -0.39 is 0 Å². The van der Waals surface area contributed by atoms with Crippen molar-refractivity contribution in [2.75, 3.05) is 59.5 Å². The molecule has 2 aliphatic rings. The largest absolute Gasteiger partial charge is 0.380 e. The third-order valence-corrected chi connectivity index (χ3v) is 4.79. The molecule has 1 atom stereocenters. The topological polar surface area (TPSA) is 79.1 Å². The van der Waals surface area contributed by atoms with Gasteiger partial charge < -0.3 is 20.3 Å². The molecule has 0 aromatic carbocycles. The van der Waals surface area contributed by atoms with E-state index >= 15 is 0 Å². The monoisotopic (exact) mass is 398 g/mol. The quantitative estimate of drug-likeness (QED) is 0.698. The second kappa shape index (κ2) is 12.7. The van der Waals surface area contributed by atoms with Gasteiger partial charge in [-0.3, -0.25) is 14.5 Å². The molecule has 7 nitrogen and oxygen atoms in total. The summed E-state index contributed by atoms with van der Waals surface area (Å²) >= 11 is 0. The molecular formula is C16H32Cl2N4O3. The highest BCUT2D eigenvalue weighted by atomic mass is 35.5.